The lowest BCUT2D eigenvalue weighted by Gasteiger charge is -2.05. The number of thioether (sulfide) groups is 1. The van der Waals surface area contributed by atoms with E-state index in [2.05, 4.69) is 6.92 Å². The van der Waals surface area contributed by atoms with Crippen LogP contribution in [0.1, 0.15) is 135 Å². The minimum absolute atomic E-state index is 0.427. The third-order valence-electron chi connectivity index (χ3n) is 6.12. The van der Waals surface area contributed by atoms with Gasteiger partial charge in [0, 0.05) is 4.90 Å². The second kappa shape index (κ2) is 21.6. The lowest BCUT2D eigenvalue weighted by atomic mass is 10.0. The molecule has 0 fully saturated rings. The second-order valence-corrected chi connectivity index (χ2v) is 10.2. The number of benzene rings is 1. The third-order valence-corrected chi connectivity index (χ3v) is 7.27. The fourth-order valence-corrected chi connectivity index (χ4v) is 5.08. The molecule has 1 N–H and O–H groups in total. The summed E-state index contributed by atoms with van der Waals surface area (Å²) in [6.45, 7) is 2.30. The van der Waals surface area contributed by atoms with Gasteiger partial charge in [-0.15, -0.1) is 11.8 Å². The first-order valence-corrected chi connectivity index (χ1v) is 14.2. The van der Waals surface area contributed by atoms with Crippen molar-refractivity contribution in [2.75, 3.05) is 5.75 Å². The van der Waals surface area contributed by atoms with E-state index in [9.17, 15) is 5.11 Å². The van der Waals surface area contributed by atoms with Crippen LogP contribution in [-0.2, 0) is 0 Å². The number of hydrogen-bond acceptors (Lipinski definition) is 2. The number of rotatable bonds is 22. The summed E-state index contributed by atoms with van der Waals surface area (Å²) >= 11 is 1.79. The van der Waals surface area contributed by atoms with E-state index in [4.69, 9.17) is 0 Å². The summed E-state index contributed by atoms with van der Waals surface area (Å²) in [5.41, 5.74) is 0. The predicted octanol–water partition coefficient (Wildman–Crippen LogP) is 10.3. The van der Waals surface area contributed by atoms with Crippen molar-refractivity contribution in [1.29, 1.82) is 0 Å². The number of para-hydroxylation sites is 1. The van der Waals surface area contributed by atoms with Gasteiger partial charge in [0.2, 0.25) is 0 Å². The Kier molecular flexibility index (Phi) is 19.7. The standard InChI is InChI=1S/C28H50OS/c1-2-3-4-5-6-7-8-9-10-11-12-13-14-15-16-17-18-19-20-23-26-30-28-25-22-21-24-27(28)29/h21-22,24-25,29H,2-20,23,26H2,1H3. The molecule has 1 nitrogen and oxygen atoms in total. The molecule has 0 heterocycles. The van der Waals surface area contributed by atoms with Crippen LogP contribution in [0.15, 0.2) is 29.2 Å². The molecule has 0 bridgehead atoms. The van der Waals surface area contributed by atoms with Crippen LogP contribution >= 0.6 is 11.8 Å². The van der Waals surface area contributed by atoms with Crippen LogP contribution in [0.25, 0.3) is 0 Å². The molecule has 0 saturated carbocycles. The summed E-state index contributed by atoms with van der Waals surface area (Å²) in [7, 11) is 0. The number of unbranched alkanes of at least 4 members (excludes halogenated alkanes) is 19. The number of aromatic hydroxyl groups is 1. The lowest BCUT2D eigenvalue weighted by molar-refractivity contribution is 0.462. The summed E-state index contributed by atoms with van der Waals surface area (Å²) < 4.78 is 0. The molecule has 0 aliphatic carbocycles. The molecule has 0 aliphatic heterocycles. The molecule has 0 saturated heterocycles. The fraction of sp³-hybridized carbons (Fsp3) is 0.786. The van der Waals surface area contributed by atoms with Gasteiger partial charge in [-0.05, 0) is 24.3 Å². The van der Waals surface area contributed by atoms with E-state index < -0.39 is 0 Å². The molecular formula is C28H50OS. The first kappa shape index (κ1) is 27.4. The van der Waals surface area contributed by atoms with Crippen LogP contribution in [0.4, 0.5) is 0 Å². The molecule has 0 aromatic heterocycles. The highest BCUT2D eigenvalue weighted by molar-refractivity contribution is 7.99. The Labute approximate surface area is 192 Å². The molecule has 2 heteroatoms. The Bertz CT molecular complexity index is 473. The van der Waals surface area contributed by atoms with Gasteiger partial charge >= 0.3 is 0 Å². The Morgan fingerprint density at radius 2 is 0.900 bits per heavy atom. The molecule has 0 amide bonds. The molecule has 1 aromatic carbocycles. The Balaban J connectivity index is 1.70. The lowest BCUT2D eigenvalue weighted by Crippen LogP contribution is -1.85. The summed E-state index contributed by atoms with van der Waals surface area (Å²) in [6.07, 6.45) is 28.6. The van der Waals surface area contributed by atoms with Crippen molar-refractivity contribution in [1.82, 2.24) is 0 Å². The molecule has 0 unspecified atom stereocenters. The Morgan fingerprint density at radius 3 is 1.30 bits per heavy atom. The van der Waals surface area contributed by atoms with Gasteiger partial charge in [-0.3, -0.25) is 0 Å². The van der Waals surface area contributed by atoms with Gasteiger partial charge in [-0.1, -0.05) is 141 Å². The van der Waals surface area contributed by atoms with Crippen molar-refractivity contribution in [3.63, 3.8) is 0 Å². The Hall–Kier alpha value is -0.630. The van der Waals surface area contributed by atoms with E-state index in [0.717, 1.165) is 10.6 Å². The average molecular weight is 435 g/mol. The molecule has 0 atom stereocenters. The zero-order chi connectivity index (χ0) is 21.5. The van der Waals surface area contributed by atoms with Gasteiger partial charge in [0.15, 0.2) is 0 Å². The van der Waals surface area contributed by atoms with Crippen molar-refractivity contribution >= 4 is 11.8 Å². The minimum Gasteiger partial charge on any atom is -0.507 e. The van der Waals surface area contributed by atoms with Crippen LogP contribution in [-0.4, -0.2) is 10.9 Å². The first-order chi connectivity index (χ1) is 14.8. The van der Waals surface area contributed by atoms with Crippen molar-refractivity contribution < 1.29 is 5.11 Å². The maximum absolute atomic E-state index is 9.76. The van der Waals surface area contributed by atoms with Gasteiger partial charge in [-0.25, -0.2) is 0 Å². The summed E-state index contributed by atoms with van der Waals surface area (Å²) in [5.74, 6) is 1.55. The van der Waals surface area contributed by atoms with Crippen molar-refractivity contribution in [2.45, 2.75) is 140 Å². The minimum atomic E-state index is 0.427. The van der Waals surface area contributed by atoms with Crippen LogP contribution in [0.5, 0.6) is 5.75 Å². The first-order valence-electron chi connectivity index (χ1n) is 13.3. The number of hydrogen-bond donors (Lipinski definition) is 1. The normalized spacial score (nSPS) is 11.2. The van der Waals surface area contributed by atoms with E-state index in [0.29, 0.717) is 5.75 Å². The molecule has 1 rings (SSSR count). The summed E-state index contributed by atoms with van der Waals surface area (Å²) in [4.78, 5) is 1.02. The summed E-state index contributed by atoms with van der Waals surface area (Å²) in [6, 6.07) is 7.67. The van der Waals surface area contributed by atoms with Crippen molar-refractivity contribution in [3.8, 4) is 5.75 Å². The SMILES string of the molecule is CCCCCCCCCCCCCCCCCCCCCCSc1ccccc1O. The zero-order valence-corrected chi connectivity index (χ0v) is 20.8. The molecule has 0 spiro atoms. The van der Waals surface area contributed by atoms with Crippen LogP contribution in [0, 0.1) is 0 Å². The molecule has 1 aromatic rings. The fourth-order valence-electron chi connectivity index (χ4n) is 4.12. The smallest absolute Gasteiger partial charge is 0.129 e. The molecule has 30 heavy (non-hydrogen) atoms. The van der Waals surface area contributed by atoms with E-state index >= 15 is 0 Å². The predicted molar refractivity (Wildman–Crippen MR) is 137 cm³/mol. The van der Waals surface area contributed by atoms with E-state index in [1.165, 1.54) is 128 Å². The van der Waals surface area contributed by atoms with Gasteiger partial charge in [-0.2, -0.15) is 0 Å². The zero-order valence-electron chi connectivity index (χ0n) is 20.0. The van der Waals surface area contributed by atoms with Gasteiger partial charge < -0.3 is 5.11 Å². The topological polar surface area (TPSA) is 20.2 Å². The van der Waals surface area contributed by atoms with E-state index in [1.54, 1.807) is 17.8 Å². The summed E-state index contributed by atoms with van der Waals surface area (Å²) in [5, 5.41) is 9.76. The highest BCUT2D eigenvalue weighted by Crippen LogP contribution is 2.28. The molecule has 0 aliphatic rings. The monoisotopic (exact) mass is 434 g/mol. The molecule has 0 radical (unpaired) electrons. The van der Waals surface area contributed by atoms with E-state index in [1.807, 2.05) is 18.2 Å². The van der Waals surface area contributed by atoms with Crippen LogP contribution in [0.3, 0.4) is 0 Å². The largest absolute Gasteiger partial charge is 0.507 e. The van der Waals surface area contributed by atoms with Crippen LogP contribution < -0.4 is 0 Å². The van der Waals surface area contributed by atoms with Crippen LogP contribution in [0.2, 0.25) is 0 Å². The average Bonchev–Trinajstić information content (AvgIpc) is 2.76. The highest BCUT2D eigenvalue weighted by Gasteiger charge is 2.00. The van der Waals surface area contributed by atoms with Gasteiger partial charge in [0.1, 0.15) is 5.75 Å². The molecular weight excluding hydrogens is 384 g/mol. The Morgan fingerprint density at radius 1 is 0.533 bits per heavy atom. The third kappa shape index (κ3) is 17.1. The van der Waals surface area contributed by atoms with Gasteiger partial charge in [0.25, 0.3) is 0 Å². The quantitative estimate of drug-likeness (QED) is 0.145. The van der Waals surface area contributed by atoms with E-state index in [-0.39, 0.29) is 0 Å². The highest BCUT2D eigenvalue weighted by atomic mass is 32.2. The van der Waals surface area contributed by atoms with Crippen molar-refractivity contribution in [2.24, 2.45) is 0 Å². The number of phenolic OH excluding ortho intramolecular Hbond substituents is 1. The number of phenols is 1. The van der Waals surface area contributed by atoms with Crippen molar-refractivity contribution in [3.05, 3.63) is 24.3 Å². The maximum atomic E-state index is 9.76. The van der Waals surface area contributed by atoms with Gasteiger partial charge in [0.05, 0.1) is 0 Å². The second-order valence-electron chi connectivity index (χ2n) is 9.03. The molecule has 174 valence electrons. The maximum Gasteiger partial charge on any atom is 0.129 e.